The zero-order valence-corrected chi connectivity index (χ0v) is 12.8. The van der Waals surface area contributed by atoms with Crippen LogP contribution in [0.1, 0.15) is 16.8 Å². The molecule has 0 bridgehead atoms. The third-order valence-electron chi connectivity index (χ3n) is 3.11. The molecule has 1 heterocycles. The van der Waals surface area contributed by atoms with Crippen LogP contribution in [0.4, 0.5) is 4.39 Å². The van der Waals surface area contributed by atoms with Gasteiger partial charge in [-0.05, 0) is 37.3 Å². The number of pyridine rings is 1. The van der Waals surface area contributed by atoms with Crippen LogP contribution in [0.15, 0.2) is 44.8 Å². The van der Waals surface area contributed by atoms with Gasteiger partial charge in [0.25, 0.3) is 5.56 Å². The van der Waals surface area contributed by atoms with Crippen molar-refractivity contribution in [1.29, 1.82) is 0 Å². The van der Waals surface area contributed by atoms with Gasteiger partial charge < -0.3 is 15.5 Å². The maximum Gasteiger partial charge on any atom is 0.262 e. The molecule has 0 aliphatic carbocycles. The number of amidine groups is 1. The first-order valence-electron chi connectivity index (χ1n) is 6.06. The quantitative estimate of drug-likeness (QED) is 0.384. The van der Waals surface area contributed by atoms with Crippen molar-refractivity contribution in [2.24, 2.45) is 10.9 Å². The zero-order valence-electron chi connectivity index (χ0n) is 11.2. The molecule has 0 amide bonds. The molecule has 0 aliphatic heterocycles. The Bertz CT molecular complexity index is 771. The fourth-order valence-electron chi connectivity index (χ4n) is 1.95. The van der Waals surface area contributed by atoms with E-state index in [1.54, 1.807) is 25.1 Å². The molecule has 0 saturated carbocycles. The summed E-state index contributed by atoms with van der Waals surface area (Å²) in [5.74, 6) is -0.679. The van der Waals surface area contributed by atoms with Crippen LogP contribution >= 0.6 is 15.9 Å². The van der Waals surface area contributed by atoms with E-state index in [-0.39, 0.29) is 17.9 Å². The van der Waals surface area contributed by atoms with E-state index < -0.39 is 11.4 Å². The van der Waals surface area contributed by atoms with E-state index in [1.165, 1.54) is 16.7 Å². The van der Waals surface area contributed by atoms with E-state index in [0.717, 1.165) is 4.47 Å². The molecule has 110 valence electrons. The van der Waals surface area contributed by atoms with Crippen molar-refractivity contribution in [3.63, 3.8) is 0 Å². The summed E-state index contributed by atoms with van der Waals surface area (Å²) < 4.78 is 15.9. The highest BCUT2D eigenvalue weighted by Crippen LogP contribution is 2.16. The van der Waals surface area contributed by atoms with Gasteiger partial charge in [0.15, 0.2) is 5.84 Å². The SMILES string of the molecule is Cc1ccc(/C(N)=N/O)c(=O)n1Cc1cc(Br)ccc1F. The Labute approximate surface area is 128 Å². The minimum absolute atomic E-state index is 0.0580. The number of aryl methyl sites for hydroxylation is 1. The molecule has 5 nitrogen and oxygen atoms in total. The molecule has 1 aromatic carbocycles. The average molecular weight is 354 g/mol. The molecule has 2 rings (SSSR count). The van der Waals surface area contributed by atoms with Gasteiger partial charge in [-0.15, -0.1) is 0 Å². The summed E-state index contributed by atoms with van der Waals surface area (Å²) >= 11 is 3.27. The van der Waals surface area contributed by atoms with Gasteiger partial charge in [0.2, 0.25) is 0 Å². The number of halogens is 2. The standard InChI is InChI=1S/C14H13BrFN3O2/c1-8-2-4-11(13(17)18-21)14(20)19(8)7-9-6-10(15)3-5-12(9)16/h2-6,21H,7H2,1H3,(H2,17,18). The van der Waals surface area contributed by atoms with Crippen LogP contribution in [0.2, 0.25) is 0 Å². The fourth-order valence-corrected chi connectivity index (χ4v) is 2.36. The number of hydrogen-bond donors (Lipinski definition) is 2. The predicted molar refractivity (Wildman–Crippen MR) is 81.2 cm³/mol. The van der Waals surface area contributed by atoms with Crippen LogP contribution < -0.4 is 11.3 Å². The lowest BCUT2D eigenvalue weighted by atomic mass is 10.1. The third-order valence-corrected chi connectivity index (χ3v) is 3.61. The van der Waals surface area contributed by atoms with Gasteiger partial charge in [-0.2, -0.15) is 0 Å². The van der Waals surface area contributed by atoms with E-state index in [0.29, 0.717) is 11.3 Å². The number of aromatic nitrogens is 1. The Morgan fingerprint density at radius 1 is 1.43 bits per heavy atom. The second-order valence-corrected chi connectivity index (χ2v) is 5.42. The Balaban J connectivity index is 2.54. The summed E-state index contributed by atoms with van der Waals surface area (Å²) in [6.45, 7) is 1.79. The molecule has 0 fully saturated rings. The number of benzene rings is 1. The predicted octanol–water partition coefficient (Wildman–Crippen LogP) is 2.20. The van der Waals surface area contributed by atoms with E-state index in [1.807, 2.05) is 0 Å². The van der Waals surface area contributed by atoms with Crippen LogP contribution in [0.3, 0.4) is 0 Å². The number of rotatable bonds is 3. The van der Waals surface area contributed by atoms with Crippen molar-refractivity contribution in [1.82, 2.24) is 4.57 Å². The van der Waals surface area contributed by atoms with E-state index in [4.69, 9.17) is 10.9 Å². The van der Waals surface area contributed by atoms with E-state index >= 15 is 0 Å². The first kappa shape index (κ1) is 15.2. The van der Waals surface area contributed by atoms with Crippen molar-refractivity contribution in [3.8, 4) is 0 Å². The van der Waals surface area contributed by atoms with Gasteiger partial charge >= 0.3 is 0 Å². The highest BCUT2D eigenvalue weighted by Gasteiger charge is 2.12. The molecule has 0 atom stereocenters. The second kappa shape index (κ2) is 6.09. The Morgan fingerprint density at radius 2 is 2.14 bits per heavy atom. The van der Waals surface area contributed by atoms with Crippen molar-refractivity contribution in [2.45, 2.75) is 13.5 Å². The molecule has 1 aromatic heterocycles. The fraction of sp³-hybridized carbons (Fsp3) is 0.143. The molecular weight excluding hydrogens is 341 g/mol. The Morgan fingerprint density at radius 3 is 2.81 bits per heavy atom. The van der Waals surface area contributed by atoms with Crippen molar-refractivity contribution in [3.05, 3.63) is 67.8 Å². The van der Waals surface area contributed by atoms with Crippen LogP contribution in [0.5, 0.6) is 0 Å². The van der Waals surface area contributed by atoms with Gasteiger partial charge in [-0.3, -0.25) is 4.79 Å². The molecule has 7 heteroatoms. The van der Waals surface area contributed by atoms with Gasteiger partial charge in [-0.1, -0.05) is 21.1 Å². The molecule has 3 N–H and O–H groups in total. The van der Waals surface area contributed by atoms with Gasteiger partial charge in [-0.25, -0.2) is 4.39 Å². The number of nitrogens with two attached hydrogens (primary N) is 1. The first-order valence-corrected chi connectivity index (χ1v) is 6.85. The largest absolute Gasteiger partial charge is 0.409 e. The van der Waals surface area contributed by atoms with Gasteiger partial charge in [0.05, 0.1) is 12.1 Å². The topological polar surface area (TPSA) is 80.6 Å². The van der Waals surface area contributed by atoms with Crippen LogP contribution in [0.25, 0.3) is 0 Å². The lowest BCUT2D eigenvalue weighted by Crippen LogP contribution is -2.31. The summed E-state index contributed by atoms with van der Waals surface area (Å²) in [5.41, 5.74) is 6.11. The molecule has 2 aromatic rings. The molecule has 0 radical (unpaired) electrons. The smallest absolute Gasteiger partial charge is 0.262 e. The number of hydrogen-bond acceptors (Lipinski definition) is 3. The van der Waals surface area contributed by atoms with Gasteiger partial charge in [0, 0.05) is 15.7 Å². The Kier molecular flexibility index (Phi) is 4.42. The molecule has 0 unspecified atom stereocenters. The monoisotopic (exact) mass is 353 g/mol. The maximum absolute atomic E-state index is 13.8. The van der Waals surface area contributed by atoms with Crippen molar-refractivity contribution >= 4 is 21.8 Å². The summed E-state index contributed by atoms with van der Waals surface area (Å²) in [6, 6.07) is 7.65. The minimum Gasteiger partial charge on any atom is -0.409 e. The minimum atomic E-state index is -0.440. The highest BCUT2D eigenvalue weighted by atomic mass is 79.9. The maximum atomic E-state index is 13.8. The average Bonchev–Trinajstić information content (AvgIpc) is 2.46. The molecule has 0 saturated heterocycles. The van der Waals surface area contributed by atoms with E-state index in [9.17, 15) is 9.18 Å². The lowest BCUT2D eigenvalue weighted by Gasteiger charge is -2.12. The summed E-state index contributed by atoms with van der Waals surface area (Å²) in [5, 5.41) is 11.5. The molecule has 0 aliphatic rings. The van der Waals surface area contributed by atoms with Crippen molar-refractivity contribution in [2.75, 3.05) is 0 Å². The van der Waals surface area contributed by atoms with Crippen LogP contribution in [0, 0.1) is 12.7 Å². The van der Waals surface area contributed by atoms with E-state index in [2.05, 4.69) is 21.1 Å². The van der Waals surface area contributed by atoms with Crippen molar-refractivity contribution < 1.29 is 9.60 Å². The first-order chi connectivity index (χ1) is 9.93. The molecule has 0 spiro atoms. The van der Waals surface area contributed by atoms with Gasteiger partial charge in [0.1, 0.15) is 5.82 Å². The number of nitrogens with zero attached hydrogens (tertiary/aromatic N) is 2. The van der Waals surface area contributed by atoms with Crippen LogP contribution in [-0.2, 0) is 6.54 Å². The lowest BCUT2D eigenvalue weighted by molar-refractivity contribution is 0.318. The summed E-state index contributed by atoms with van der Waals surface area (Å²) in [7, 11) is 0. The summed E-state index contributed by atoms with van der Waals surface area (Å²) in [6.07, 6.45) is 0. The third kappa shape index (κ3) is 3.13. The summed E-state index contributed by atoms with van der Waals surface area (Å²) in [4.78, 5) is 12.3. The second-order valence-electron chi connectivity index (χ2n) is 4.50. The Hall–Kier alpha value is -2.15. The molecule has 21 heavy (non-hydrogen) atoms. The zero-order chi connectivity index (χ0) is 15.6. The molecular formula is C14H13BrFN3O2. The highest BCUT2D eigenvalue weighted by molar-refractivity contribution is 9.10. The number of oxime groups is 1. The van der Waals surface area contributed by atoms with Crippen LogP contribution in [-0.4, -0.2) is 15.6 Å². The normalized spacial score (nSPS) is 11.7.